The van der Waals surface area contributed by atoms with Crippen LogP contribution in [0.25, 0.3) is 0 Å². The lowest BCUT2D eigenvalue weighted by Crippen LogP contribution is -2.43. The lowest BCUT2D eigenvalue weighted by atomic mass is 9.93. The van der Waals surface area contributed by atoms with Gasteiger partial charge in [0.2, 0.25) is 0 Å². The number of aliphatic hydroxyl groups excluding tert-OH is 2. The summed E-state index contributed by atoms with van der Waals surface area (Å²) in [6, 6.07) is 10.4. The van der Waals surface area contributed by atoms with Gasteiger partial charge in [-0.1, -0.05) is 43.7 Å². The number of hydrogen-bond donors (Lipinski definition) is 2. The molecular weight excluding hydrogens is 250 g/mol. The Balaban J connectivity index is 1.93. The fourth-order valence-corrected chi connectivity index (χ4v) is 3.22. The van der Waals surface area contributed by atoms with Crippen molar-refractivity contribution in [1.82, 2.24) is 4.90 Å². The van der Waals surface area contributed by atoms with Gasteiger partial charge in [0.25, 0.3) is 0 Å². The molecule has 0 aromatic heterocycles. The fourth-order valence-electron chi connectivity index (χ4n) is 3.22. The Kier molecular flexibility index (Phi) is 6.02. The highest BCUT2D eigenvalue weighted by Gasteiger charge is 2.26. The van der Waals surface area contributed by atoms with Crippen LogP contribution in [0, 0.1) is 5.92 Å². The molecule has 0 amide bonds. The molecule has 112 valence electrons. The normalized spacial score (nSPS) is 23.4. The van der Waals surface area contributed by atoms with Gasteiger partial charge in [0.15, 0.2) is 0 Å². The van der Waals surface area contributed by atoms with E-state index in [0.717, 1.165) is 25.1 Å². The standard InChI is InChI=1S/C17H27NO2/c1-14(17(20)15-7-3-2-4-8-15)13-18-11-6-5-9-16(18)10-12-19/h2-4,7-8,14,16-17,19-20H,5-6,9-13H2,1H3. The van der Waals surface area contributed by atoms with Crippen molar-refractivity contribution in [1.29, 1.82) is 0 Å². The molecule has 1 aliphatic rings. The van der Waals surface area contributed by atoms with Crippen LogP contribution < -0.4 is 0 Å². The van der Waals surface area contributed by atoms with Crippen molar-refractivity contribution in [3.63, 3.8) is 0 Å². The number of likely N-dealkylation sites (tertiary alicyclic amines) is 1. The lowest BCUT2D eigenvalue weighted by Gasteiger charge is -2.38. The Hall–Kier alpha value is -0.900. The number of rotatable bonds is 6. The van der Waals surface area contributed by atoms with Crippen molar-refractivity contribution in [2.24, 2.45) is 5.92 Å². The topological polar surface area (TPSA) is 43.7 Å². The van der Waals surface area contributed by atoms with Crippen LogP contribution in [-0.4, -0.2) is 40.9 Å². The maximum absolute atomic E-state index is 10.5. The molecule has 0 aliphatic carbocycles. The highest BCUT2D eigenvalue weighted by atomic mass is 16.3. The average molecular weight is 277 g/mol. The zero-order valence-electron chi connectivity index (χ0n) is 12.4. The summed E-state index contributed by atoms with van der Waals surface area (Å²) in [6.45, 7) is 4.37. The minimum atomic E-state index is -0.409. The van der Waals surface area contributed by atoms with Crippen LogP contribution in [0.4, 0.5) is 0 Å². The van der Waals surface area contributed by atoms with E-state index < -0.39 is 6.10 Å². The highest BCUT2D eigenvalue weighted by Crippen LogP contribution is 2.26. The second-order valence-corrected chi connectivity index (χ2v) is 5.99. The second kappa shape index (κ2) is 7.77. The lowest BCUT2D eigenvalue weighted by molar-refractivity contribution is 0.0522. The molecule has 3 heteroatoms. The molecule has 20 heavy (non-hydrogen) atoms. The maximum Gasteiger partial charge on any atom is 0.0827 e. The molecule has 1 heterocycles. The van der Waals surface area contributed by atoms with Gasteiger partial charge in [-0.2, -0.15) is 0 Å². The van der Waals surface area contributed by atoms with Gasteiger partial charge in [0, 0.05) is 19.2 Å². The SMILES string of the molecule is CC(CN1CCCCC1CCO)C(O)c1ccccc1. The number of piperidine rings is 1. The largest absolute Gasteiger partial charge is 0.396 e. The van der Waals surface area contributed by atoms with E-state index in [2.05, 4.69) is 11.8 Å². The third kappa shape index (κ3) is 4.05. The summed E-state index contributed by atoms with van der Waals surface area (Å²) in [7, 11) is 0. The smallest absolute Gasteiger partial charge is 0.0827 e. The van der Waals surface area contributed by atoms with Crippen LogP contribution >= 0.6 is 0 Å². The zero-order chi connectivity index (χ0) is 14.4. The molecule has 0 saturated carbocycles. The van der Waals surface area contributed by atoms with E-state index in [4.69, 9.17) is 0 Å². The average Bonchev–Trinajstić information content (AvgIpc) is 2.49. The van der Waals surface area contributed by atoms with Crippen molar-refractivity contribution in [3.05, 3.63) is 35.9 Å². The Bertz CT molecular complexity index is 380. The molecule has 2 N–H and O–H groups in total. The van der Waals surface area contributed by atoms with Gasteiger partial charge in [-0.05, 0) is 37.3 Å². The van der Waals surface area contributed by atoms with Crippen molar-refractivity contribution in [2.45, 2.75) is 44.8 Å². The first kappa shape index (κ1) is 15.5. The van der Waals surface area contributed by atoms with Crippen molar-refractivity contribution >= 4 is 0 Å². The molecule has 3 nitrogen and oxygen atoms in total. The quantitative estimate of drug-likeness (QED) is 0.840. The molecule has 2 rings (SSSR count). The minimum absolute atomic E-state index is 0.205. The maximum atomic E-state index is 10.5. The number of aliphatic hydroxyl groups is 2. The van der Waals surface area contributed by atoms with Gasteiger partial charge >= 0.3 is 0 Å². The summed E-state index contributed by atoms with van der Waals surface area (Å²) in [5, 5.41) is 19.6. The van der Waals surface area contributed by atoms with E-state index in [9.17, 15) is 10.2 Å². The van der Waals surface area contributed by atoms with E-state index in [-0.39, 0.29) is 12.5 Å². The van der Waals surface area contributed by atoms with E-state index in [1.54, 1.807) is 0 Å². The van der Waals surface area contributed by atoms with Crippen molar-refractivity contribution in [3.8, 4) is 0 Å². The Morgan fingerprint density at radius 1 is 1.25 bits per heavy atom. The van der Waals surface area contributed by atoms with E-state index in [1.807, 2.05) is 30.3 Å². The van der Waals surface area contributed by atoms with Gasteiger partial charge in [-0.25, -0.2) is 0 Å². The monoisotopic (exact) mass is 277 g/mol. The van der Waals surface area contributed by atoms with Gasteiger partial charge in [-0.15, -0.1) is 0 Å². The molecule has 0 spiro atoms. The first-order chi connectivity index (χ1) is 9.72. The molecule has 0 bridgehead atoms. The minimum Gasteiger partial charge on any atom is -0.396 e. The number of hydrogen-bond acceptors (Lipinski definition) is 3. The van der Waals surface area contributed by atoms with Gasteiger partial charge < -0.3 is 10.2 Å². The molecule has 1 aromatic rings. The Morgan fingerprint density at radius 3 is 2.70 bits per heavy atom. The third-order valence-electron chi connectivity index (χ3n) is 4.41. The molecule has 3 atom stereocenters. The first-order valence-corrected chi connectivity index (χ1v) is 7.80. The predicted octanol–water partition coefficient (Wildman–Crippen LogP) is 2.59. The number of nitrogens with zero attached hydrogens (tertiary/aromatic N) is 1. The van der Waals surface area contributed by atoms with Gasteiger partial charge in [0.1, 0.15) is 0 Å². The van der Waals surface area contributed by atoms with Crippen LogP contribution in [0.2, 0.25) is 0 Å². The van der Waals surface area contributed by atoms with Crippen LogP contribution in [0.1, 0.15) is 44.3 Å². The summed E-state index contributed by atoms with van der Waals surface area (Å²) < 4.78 is 0. The summed E-state index contributed by atoms with van der Waals surface area (Å²) >= 11 is 0. The zero-order valence-corrected chi connectivity index (χ0v) is 12.4. The second-order valence-electron chi connectivity index (χ2n) is 5.99. The summed E-state index contributed by atoms with van der Waals surface area (Å²) in [5.74, 6) is 0.205. The molecule has 1 saturated heterocycles. The van der Waals surface area contributed by atoms with E-state index in [1.165, 1.54) is 19.3 Å². The molecule has 1 aliphatic heterocycles. The molecule has 0 radical (unpaired) electrons. The third-order valence-corrected chi connectivity index (χ3v) is 4.41. The van der Waals surface area contributed by atoms with Crippen LogP contribution in [0.15, 0.2) is 30.3 Å². The highest BCUT2D eigenvalue weighted by molar-refractivity contribution is 5.17. The molecule has 1 aromatic carbocycles. The van der Waals surface area contributed by atoms with Crippen LogP contribution in [-0.2, 0) is 0 Å². The summed E-state index contributed by atoms with van der Waals surface area (Å²) in [4.78, 5) is 2.45. The molecule has 1 fully saturated rings. The number of benzene rings is 1. The Morgan fingerprint density at radius 2 is 2.00 bits per heavy atom. The Labute approximate surface area is 122 Å². The van der Waals surface area contributed by atoms with Crippen LogP contribution in [0.5, 0.6) is 0 Å². The van der Waals surface area contributed by atoms with E-state index >= 15 is 0 Å². The van der Waals surface area contributed by atoms with Crippen molar-refractivity contribution < 1.29 is 10.2 Å². The molecule has 3 unspecified atom stereocenters. The first-order valence-electron chi connectivity index (χ1n) is 7.80. The van der Waals surface area contributed by atoms with Gasteiger partial charge in [-0.3, -0.25) is 4.90 Å². The van der Waals surface area contributed by atoms with E-state index in [0.29, 0.717) is 6.04 Å². The molecular formula is C17H27NO2. The summed E-state index contributed by atoms with van der Waals surface area (Å²) in [6.07, 6.45) is 4.11. The van der Waals surface area contributed by atoms with Crippen molar-refractivity contribution in [2.75, 3.05) is 19.7 Å². The van der Waals surface area contributed by atoms with Crippen LogP contribution in [0.3, 0.4) is 0 Å². The predicted molar refractivity (Wildman–Crippen MR) is 81.5 cm³/mol. The fraction of sp³-hybridized carbons (Fsp3) is 0.647. The van der Waals surface area contributed by atoms with Gasteiger partial charge in [0.05, 0.1) is 6.10 Å². The summed E-state index contributed by atoms with van der Waals surface area (Å²) in [5.41, 5.74) is 0.996.